The number of carbonyl (C=O) groups is 1. The number of para-hydroxylation sites is 1. The van der Waals surface area contributed by atoms with E-state index in [4.69, 9.17) is 15.7 Å². The minimum absolute atomic E-state index is 0.0383. The zero-order valence-corrected chi connectivity index (χ0v) is 11.1. The lowest BCUT2D eigenvalue weighted by Crippen LogP contribution is -2.38. The second-order valence-corrected chi connectivity index (χ2v) is 4.30. The molecule has 1 amide bonds. The van der Waals surface area contributed by atoms with Crippen LogP contribution in [0, 0.1) is 5.92 Å². The topological polar surface area (TPSA) is 88.2 Å². The van der Waals surface area contributed by atoms with Crippen molar-refractivity contribution in [1.29, 1.82) is 0 Å². The van der Waals surface area contributed by atoms with Crippen LogP contribution in [0.15, 0.2) is 35.5 Å². The minimum Gasteiger partial charge on any atom is -0.484 e. The number of carbonyl (C=O) groups excluding carboxylic acids is 1. The molecule has 104 valence electrons. The lowest BCUT2D eigenvalue weighted by molar-refractivity contribution is -0.132. The van der Waals surface area contributed by atoms with E-state index in [9.17, 15) is 4.79 Å². The molecule has 6 nitrogen and oxygen atoms in total. The molecule has 0 heterocycles. The van der Waals surface area contributed by atoms with E-state index < -0.39 is 0 Å². The third kappa shape index (κ3) is 4.87. The Hall–Kier alpha value is -2.24. The molecular weight excluding hydrogens is 246 g/mol. The molecule has 0 fully saturated rings. The molecule has 0 saturated heterocycles. The molecule has 0 bridgehead atoms. The van der Waals surface area contributed by atoms with Gasteiger partial charge in [-0.2, -0.15) is 0 Å². The van der Waals surface area contributed by atoms with Crippen molar-refractivity contribution in [3.05, 3.63) is 30.3 Å². The molecule has 1 aromatic rings. The number of likely N-dealkylation sites (N-methyl/N-ethyl adjacent to an activating group) is 1. The fourth-order valence-electron chi connectivity index (χ4n) is 1.48. The Labute approximate surface area is 112 Å². The van der Waals surface area contributed by atoms with Gasteiger partial charge in [-0.15, -0.1) is 0 Å². The van der Waals surface area contributed by atoms with Crippen LogP contribution in [-0.2, 0) is 4.79 Å². The van der Waals surface area contributed by atoms with Crippen LogP contribution in [0.2, 0.25) is 0 Å². The highest BCUT2D eigenvalue weighted by Crippen LogP contribution is 2.08. The van der Waals surface area contributed by atoms with Gasteiger partial charge in [0.2, 0.25) is 0 Å². The molecular formula is C13H19N3O3. The first-order valence-corrected chi connectivity index (χ1v) is 5.93. The van der Waals surface area contributed by atoms with Crippen molar-refractivity contribution < 1.29 is 14.7 Å². The van der Waals surface area contributed by atoms with Crippen molar-refractivity contribution in [3.8, 4) is 5.75 Å². The van der Waals surface area contributed by atoms with E-state index in [2.05, 4.69) is 5.16 Å². The highest BCUT2D eigenvalue weighted by molar-refractivity contribution is 5.83. The molecule has 0 radical (unpaired) electrons. The fourth-order valence-corrected chi connectivity index (χ4v) is 1.48. The van der Waals surface area contributed by atoms with Crippen LogP contribution >= 0.6 is 0 Å². The number of nitrogens with two attached hydrogens (primary N) is 1. The van der Waals surface area contributed by atoms with Crippen LogP contribution < -0.4 is 10.5 Å². The monoisotopic (exact) mass is 265 g/mol. The van der Waals surface area contributed by atoms with E-state index in [1.165, 1.54) is 4.90 Å². The molecule has 0 aliphatic rings. The van der Waals surface area contributed by atoms with E-state index >= 15 is 0 Å². The summed E-state index contributed by atoms with van der Waals surface area (Å²) in [4.78, 5) is 13.3. The normalized spacial score (nSPS) is 12.8. The van der Waals surface area contributed by atoms with Crippen LogP contribution in [0.3, 0.4) is 0 Å². The number of rotatable bonds is 6. The fraction of sp³-hybridized carbons (Fsp3) is 0.385. The first-order chi connectivity index (χ1) is 9.04. The summed E-state index contributed by atoms with van der Waals surface area (Å²) in [6.45, 7) is 2.10. The molecule has 3 N–H and O–H groups in total. The predicted molar refractivity (Wildman–Crippen MR) is 72.1 cm³/mol. The van der Waals surface area contributed by atoms with Gasteiger partial charge in [0.1, 0.15) is 11.6 Å². The number of nitrogens with zero attached hydrogens (tertiary/aromatic N) is 2. The molecule has 1 aromatic carbocycles. The van der Waals surface area contributed by atoms with Gasteiger partial charge in [-0.1, -0.05) is 30.3 Å². The van der Waals surface area contributed by atoms with Crippen molar-refractivity contribution in [3.63, 3.8) is 0 Å². The van der Waals surface area contributed by atoms with Gasteiger partial charge in [0.25, 0.3) is 5.91 Å². The Morgan fingerprint density at radius 3 is 2.68 bits per heavy atom. The van der Waals surface area contributed by atoms with Gasteiger partial charge in [-0.25, -0.2) is 0 Å². The number of amides is 1. The molecule has 6 heteroatoms. The average molecular weight is 265 g/mol. The number of ether oxygens (including phenoxy) is 1. The highest BCUT2D eigenvalue weighted by atomic mass is 16.5. The highest BCUT2D eigenvalue weighted by Gasteiger charge is 2.15. The van der Waals surface area contributed by atoms with Crippen molar-refractivity contribution in [2.75, 3.05) is 20.2 Å². The summed E-state index contributed by atoms with van der Waals surface area (Å²) in [5.74, 6) is 0.370. The third-order valence-electron chi connectivity index (χ3n) is 2.70. The second kappa shape index (κ2) is 7.25. The Balaban J connectivity index is 2.41. The van der Waals surface area contributed by atoms with Crippen molar-refractivity contribution >= 4 is 11.7 Å². The number of hydrogen-bond acceptors (Lipinski definition) is 4. The summed E-state index contributed by atoms with van der Waals surface area (Å²) in [6.07, 6.45) is 0. The zero-order chi connectivity index (χ0) is 14.3. The lowest BCUT2D eigenvalue weighted by atomic mass is 10.1. The summed E-state index contributed by atoms with van der Waals surface area (Å²) in [7, 11) is 1.65. The maximum Gasteiger partial charge on any atom is 0.260 e. The zero-order valence-electron chi connectivity index (χ0n) is 11.1. The summed E-state index contributed by atoms with van der Waals surface area (Å²) >= 11 is 0. The van der Waals surface area contributed by atoms with E-state index in [0.29, 0.717) is 12.3 Å². The number of hydrogen-bond donors (Lipinski definition) is 2. The first kappa shape index (κ1) is 14.8. The number of benzene rings is 1. The van der Waals surface area contributed by atoms with Gasteiger partial charge in [-0.3, -0.25) is 4.79 Å². The first-order valence-electron chi connectivity index (χ1n) is 5.93. The predicted octanol–water partition coefficient (Wildman–Crippen LogP) is 0.906. The molecule has 1 rings (SSSR count). The van der Waals surface area contributed by atoms with E-state index in [1.54, 1.807) is 26.1 Å². The van der Waals surface area contributed by atoms with Gasteiger partial charge in [0.15, 0.2) is 6.61 Å². The smallest absolute Gasteiger partial charge is 0.260 e. The van der Waals surface area contributed by atoms with Gasteiger partial charge in [0, 0.05) is 19.5 Å². The van der Waals surface area contributed by atoms with Crippen LogP contribution in [0.5, 0.6) is 5.75 Å². The second-order valence-electron chi connectivity index (χ2n) is 4.30. The molecule has 0 aliphatic heterocycles. The molecule has 19 heavy (non-hydrogen) atoms. The number of oxime groups is 1. The van der Waals surface area contributed by atoms with Crippen LogP contribution in [0.1, 0.15) is 6.92 Å². The van der Waals surface area contributed by atoms with Crippen LogP contribution in [0.4, 0.5) is 0 Å². The van der Waals surface area contributed by atoms with Gasteiger partial charge < -0.3 is 20.6 Å². The summed E-state index contributed by atoms with van der Waals surface area (Å²) in [6, 6.07) is 9.12. The van der Waals surface area contributed by atoms with Crippen molar-refractivity contribution in [1.82, 2.24) is 4.90 Å². The van der Waals surface area contributed by atoms with Crippen LogP contribution in [0.25, 0.3) is 0 Å². The van der Waals surface area contributed by atoms with Gasteiger partial charge in [-0.05, 0) is 12.1 Å². The van der Waals surface area contributed by atoms with Gasteiger partial charge >= 0.3 is 0 Å². The van der Waals surface area contributed by atoms with Crippen molar-refractivity contribution in [2.24, 2.45) is 16.8 Å². The maximum absolute atomic E-state index is 11.8. The molecule has 1 atom stereocenters. The molecule has 0 aliphatic carbocycles. The van der Waals surface area contributed by atoms with Gasteiger partial charge in [0.05, 0.1) is 0 Å². The molecule has 0 aromatic heterocycles. The van der Waals surface area contributed by atoms with E-state index in [-0.39, 0.29) is 24.3 Å². The molecule has 0 spiro atoms. The quantitative estimate of drug-likeness (QED) is 0.346. The third-order valence-corrected chi connectivity index (χ3v) is 2.70. The van der Waals surface area contributed by atoms with Crippen molar-refractivity contribution in [2.45, 2.75) is 6.92 Å². The van der Waals surface area contributed by atoms with E-state index in [1.807, 2.05) is 18.2 Å². The molecule has 0 saturated carbocycles. The SMILES string of the molecule is CC(CN(C)C(=O)COc1ccccc1)C(N)=NO. The standard InChI is InChI=1S/C13H19N3O3/c1-10(13(14)15-18)8-16(2)12(17)9-19-11-6-4-3-5-7-11/h3-7,10,18H,8-9H2,1-2H3,(H2,14,15). The lowest BCUT2D eigenvalue weighted by Gasteiger charge is -2.20. The minimum atomic E-state index is -0.212. The summed E-state index contributed by atoms with van der Waals surface area (Å²) < 4.78 is 5.36. The number of amidine groups is 1. The molecule has 1 unspecified atom stereocenters. The Kier molecular flexibility index (Phi) is 5.66. The summed E-state index contributed by atoms with van der Waals surface area (Å²) in [5, 5.41) is 11.5. The maximum atomic E-state index is 11.8. The Bertz CT molecular complexity index is 434. The van der Waals surface area contributed by atoms with E-state index in [0.717, 1.165) is 0 Å². The van der Waals surface area contributed by atoms with Crippen LogP contribution in [-0.4, -0.2) is 42.0 Å². The summed E-state index contributed by atoms with van der Waals surface area (Å²) in [5.41, 5.74) is 5.46. The largest absolute Gasteiger partial charge is 0.484 e. The average Bonchev–Trinajstić information content (AvgIpc) is 2.44. The Morgan fingerprint density at radius 2 is 2.11 bits per heavy atom. The Morgan fingerprint density at radius 1 is 1.47 bits per heavy atom.